The first-order valence-electron chi connectivity index (χ1n) is 5.15. The van der Waals surface area contributed by atoms with Crippen molar-refractivity contribution in [3.8, 4) is 0 Å². The topological polar surface area (TPSA) is 75.1 Å². The summed E-state index contributed by atoms with van der Waals surface area (Å²) in [6.45, 7) is 1.88. The molecule has 0 aliphatic heterocycles. The first kappa shape index (κ1) is 12.3. The number of rotatable bonds is 3. The van der Waals surface area contributed by atoms with Crippen LogP contribution >= 0.6 is 11.6 Å². The number of benzene rings is 1. The highest BCUT2D eigenvalue weighted by Crippen LogP contribution is 2.27. The van der Waals surface area contributed by atoms with E-state index in [-0.39, 0.29) is 5.69 Å². The summed E-state index contributed by atoms with van der Waals surface area (Å²) in [5.74, 6) is -0.788. The fourth-order valence-corrected chi connectivity index (χ4v) is 1.58. The van der Waals surface area contributed by atoms with Crippen LogP contribution in [0.3, 0.4) is 0 Å². The Kier molecular flexibility index (Phi) is 3.43. The number of aromatic nitrogens is 2. The Labute approximate surface area is 108 Å². The highest BCUT2D eigenvalue weighted by molar-refractivity contribution is 6.34. The van der Waals surface area contributed by atoms with Crippen molar-refractivity contribution in [2.24, 2.45) is 0 Å². The number of carbonyl (C=O) groups is 1. The lowest BCUT2D eigenvalue weighted by atomic mass is 10.2. The highest BCUT2D eigenvalue weighted by Gasteiger charge is 2.08. The molecule has 0 spiro atoms. The van der Waals surface area contributed by atoms with Gasteiger partial charge < -0.3 is 10.4 Å². The maximum Gasteiger partial charge on any atom is 0.356 e. The van der Waals surface area contributed by atoms with Crippen LogP contribution in [-0.4, -0.2) is 21.0 Å². The van der Waals surface area contributed by atoms with Gasteiger partial charge in [-0.25, -0.2) is 9.78 Å². The average molecular weight is 264 g/mol. The molecule has 18 heavy (non-hydrogen) atoms. The van der Waals surface area contributed by atoms with Crippen LogP contribution in [0.15, 0.2) is 30.6 Å². The van der Waals surface area contributed by atoms with Crippen LogP contribution in [-0.2, 0) is 0 Å². The molecule has 1 aromatic heterocycles. The lowest BCUT2D eigenvalue weighted by Gasteiger charge is -2.09. The minimum absolute atomic E-state index is 0.122. The summed E-state index contributed by atoms with van der Waals surface area (Å²) in [4.78, 5) is 18.5. The van der Waals surface area contributed by atoms with Gasteiger partial charge in [-0.15, -0.1) is 0 Å². The highest BCUT2D eigenvalue weighted by atomic mass is 35.5. The summed E-state index contributed by atoms with van der Waals surface area (Å²) in [5, 5.41) is 12.3. The molecule has 2 aromatic rings. The third-order valence-corrected chi connectivity index (χ3v) is 2.81. The number of hydrogen-bond acceptors (Lipinski definition) is 4. The molecule has 0 aliphatic rings. The zero-order valence-corrected chi connectivity index (χ0v) is 10.3. The zero-order valence-electron chi connectivity index (χ0n) is 9.51. The summed E-state index contributed by atoms with van der Waals surface area (Å²) >= 11 is 6.12. The molecule has 0 atom stereocenters. The van der Waals surface area contributed by atoms with E-state index in [1.54, 1.807) is 6.07 Å². The van der Waals surface area contributed by atoms with E-state index >= 15 is 0 Å². The van der Waals surface area contributed by atoms with E-state index < -0.39 is 5.97 Å². The molecule has 2 rings (SSSR count). The van der Waals surface area contributed by atoms with Gasteiger partial charge in [0.1, 0.15) is 5.82 Å². The number of aromatic carboxylic acids is 1. The first-order chi connectivity index (χ1) is 8.58. The van der Waals surface area contributed by atoms with E-state index in [0.717, 1.165) is 5.56 Å². The normalized spacial score (nSPS) is 10.1. The van der Waals surface area contributed by atoms with Crippen LogP contribution in [0.25, 0.3) is 0 Å². The van der Waals surface area contributed by atoms with Crippen LogP contribution in [0, 0.1) is 6.92 Å². The van der Waals surface area contributed by atoms with Gasteiger partial charge in [0.05, 0.1) is 23.1 Å². The monoisotopic (exact) mass is 263 g/mol. The smallest absolute Gasteiger partial charge is 0.356 e. The molecule has 92 valence electrons. The number of hydrogen-bond donors (Lipinski definition) is 2. The van der Waals surface area contributed by atoms with Gasteiger partial charge in [-0.3, -0.25) is 4.98 Å². The minimum atomic E-state index is -1.12. The van der Waals surface area contributed by atoms with E-state index in [9.17, 15) is 4.79 Å². The SMILES string of the molecule is Cc1cccc(Nc2cncc(C(=O)O)n2)c1Cl. The van der Waals surface area contributed by atoms with Crippen LogP contribution in [0.4, 0.5) is 11.5 Å². The molecular formula is C12H10ClN3O2. The molecule has 5 nitrogen and oxygen atoms in total. The molecule has 0 unspecified atom stereocenters. The Hall–Kier alpha value is -2.14. The van der Waals surface area contributed by atoms with E-state index in [0.29, 0.717) is 16.5 Å². The predicted molar refractivity (Wildman–Crippen MR) is 68.5 cm³/mol. The lowest BCUT2D eigenvalue weighted by Crippen LogP contribution is -2.04. The molecule has 0 saturated heterocycles. The van der Waals surface area contributed by atoms with Gasteiger partial charge in [0.15, 0.2) is 5.69 Å². The van der Waals surface area contributed by atoms with Crippen molar-refractivity contribution in [3.05, 3.63) is 46.9 Å². The van der Waals surface area contributed by atoms with Crippen molar-refractivity contribution in [2.45, 2.75) is 6.92 Å². The number of carboxylic acids is 1. The molecule has 1 aromatic carbocycles. The van der Waals surface area contributed by atoms with Crippen LogP contribution in [0.2, 0.25) is 5.02 Å². The molecule has 6 heteroatoms. The summed E-state index contributed by atoms with van der Waals surface area (Å²) < 4.78 is 0. The Morgan fingerprint density at radius 3 is 2.89 bits per heavy atom. The average Bonchev–Trinajstić information content (AvgIpc) is 2.35. The number of nitrogens with one attached hydrogen (secondary N) is 1. The van der Waals surface area contributed by atoms with Crippen molar-refractivity contribution in [2.75, 3.05) is 5.32 Å². The Morgan fingerprint density at radius 2 is 2.17 bits per heavy atom. The summed E-state index contributed by atoms with van der Waals surface area (Å²) in [6, 6.07) is 5.51. The van der Waals surface area contributed by atoms with Gasteiger partial charge in [0, 0.05) is 0 Å². The van der Waals surface area contributed by atoms with Crippen molar-refractivity contribution in [1.82, 2.24) is 9.97 Å². The van der Waals surface area contributed by atoms with Crippen molar-refractivity contribution in [1.29, 1.82) is 0 Å². The predicted octanol–water partition coefficient (Wildman–Crippen LogP) is 2.88. The van der Waals surface area contributed by atoms with Crippen molar-refractivity contribution < 1.29 is 9.90 Å². The van der Waals surface area contributed by atoms with E-state index in [2.05, 4.69) is 15.3 Å². The molecule has 2 N–H and O–H groups in total. The number of aryl methyl sites for hydroxylation is 1. The summed E-state index contributed by atoms with van der Waals surface area (Å²) in [7, 11) is 0. The Morgan fingerprint density at radius 1 is 1.39 bits per heavy atom. The third-order valence-electron chi connectivity index (χ3n) is 2.31. The second-order valence-corrected chi connectivity index (χ2v) is 4.03. The number of carboxylic acid groups (broad SMARTS) is 1. The quantitative estimate of drug-likeness (QED) is 0.891. The second kappa shape index (κ2) is 5.01. The molecule has 0 bridgehead atoms. The molecule has 0 saturated carbocycles. The Balaban J connectivity index is 2.31. The molecule has 0 radical (unpaired) electrons. The van der Waals surface area contributed by atoms with E-state index in [1.165, 1.54) is 12.4 Å². The standard InChI is InChI=1S/C12H10ClN3O2/c1-7-3-2-4-8(11(7)13)15-10-6-14-5-9(16-10)12(17)18/h2-6H,1H3,(H,15,16)(H,17,18). The van der Waals surface area contributed by atoms with Crippen LogP contribution in [0.1, 0.15) is 16.1 Å². The fourth-order valence-electron chi connectivity index (χ4n) is 1.41. The zero-order chi connectivity index (χ0) is 13.1. The second-order valence-electron chi connectivity index (χ2n) is 3.66. The van der Waals surface area contributed by atoms with Gasteiger partial charge in [-0.2, -0.15) is 0 Å². The molecule has 1 heterocycles. The van der Waals surface area contributed by atoms with Gasteiger partial charge >= 0.3 is 5.97 Å². The maximum atomic E-state index is 10.8. The minimum Gasteiger partial charge on any atom is -0.476 e. The third kappa shape index (κ3) is 2.57. The van der Waals surface area contributed by atoms with Gasteiger partial charge in [0.25, 0.3) is 0 Å². The van der Waals surface area contributed by atoms with Gasteiger partial charge in [-0.1, -0.05) is 23.7 Å². The molecule has 0 aliphatic carbocycles. The van der Waals surface area contributed by atoms with Crippen LogP contribution < -0.4 is 5.32 Å². The number of anilines is 2. The van der Waals surface area contributed by atoms with Crippen LogP contribution in [0.5, 0.6) is 0 Å². The Bertz CT molecular complexity index is 602. The largest absolute Gasteiger partial charge is 0.476 e. The maximum absolute atomic E-state index is 10.8. The van der Waals surface area contributed by atoms with Gasteiger partial charge in [-0.05, 0) is 18.6 Å². The number of nitrogens with zero attached hydrogens (tertiary/aromatic N) is 2. The lowest BCUT2D eigenvalue weighted by molar-refractivity contribution is 0.0690. The van der Waals surface area contributed by atoms with Crippen molar-refractivity contribution in [3.63, 3.8) is 0 Å². The van der Waals surface area contributed by atoms with E-state index in [1.807, 2.05) is 19.1 Å². The van der Waals surface area contributed by atoms with Gasteiger partial charge in [0.2, 0.25) is 0 Å². The molecule has 0 amide bonds. The molecule has 0 fully saturated rings. The van der Waals surface area contributed by atoms with Crippen molar-refractivity contribution >= 4 is 29.1 Å². The summed E-state index contributed by atoms with van der Waals surface area (Å²) in [6.07, 6.45) is 2.62. The first-order valence-corrected chi connectivity index (χ1v) is 5.53. The fraction of sp³-hybridized carbons (Fsp3) is 0.0833. The summed E-state index contributed by atoms with van der Waals surface area (Å²) in [5.41, 5.74) is 1.46. The number of halogens is 1. The van der Waals surface area contributed by atoms with E-state index in [4.69, 9.17) is 16.7 Å². The molecular weight excluding hydrogens is 254 g/mol.